The van der Waals surface area contributed by atoms with Crippen molar-refractivity contribution in [1.82, 2.24) is 20.3 Å². The number of nitrogens with zero attached hydrogens (tertiary/aromatic N) is 3. The fourth-order valence-electron chi connectivity index (χ4n) is 1.94. The molecule has 1 atom stereocenters. The molecule has 18 heavy (non-hydrogen) atoms. The highest BCUT2D eigenvalue weighted by molar-refractivity contribution is 5.96. The van der Waals surface area contributed by atoms with Gasteiger partial charge in [-0.15, -0.1) is 0 Å². The van der Waals surface area contributed by atoms with Crippen molar-refractivity contribution in [2.24, 2.45) is 0 Å². The predicted molar refractivity (Wildman–Crippen MR) is 62.9 cm³/mol. The van der Waals surface area contributed by atoms with Crippen LogP contribution in [0.15, 0.2) is 16.9 Å². The Morgan fingerprint density at radius 1 is 1.56 bits per heavy atom. The van der Waals surface area contributed by atoms with Gasteiger partial charge in [-0.2, -0.15) is 0 Å². The van der Waals surface area contributed by atoms with Crippen LogP contribution >= 0.6 is 0 Å². The number of carbonyl (C=O) groups excluding carboxylic acids is 2. The Labute approximate surface area is 105 Å². The van der Waals surface area contributed by atoms with Gasteiger partial charge in [-0.25, -0.2) is 0 Å². The van der Waals surface area contributed by atoms with E-state index in [1.165, 1.54) is 22.1 Å². The first kappa shape index (κ1) is 12.6. The van der Waals surface area contributed by atoms with Crippen LogP contribution in [0.5, 0.6) is 0 Å². The van der Waals surface area contributed by atoms with E-state index < -0.39 is 6.04 Å². The van der Waals surface area contributed by atoms with Crippen LogP contribution in [0.25, 0.3) is 0 Å². The van der Waals surface area contributed by atoms with E-state index in [2.05, 4.69) is 15.0 Å². The summed E-state index contributed by atoms with van der Waals surface area (Å²) in [5.41, 5.74) is 0.230. The molecule has 1 unspecified atom stereocenters. The van der Waals surface area contributed by atoms with E-state index in [1.54, 1.807) is 14.1 Å². The van der Waals surface area contributed by atoms with E-state index in [1.807, 2.05) is 0 Å². The summed E-state index contributed by atoms with van der Waals surface area (Å²) in [6.45, 7) is 1.61. The van der Waals surface area contributed by atoms with Gasteiger partial charge >= 0.3 is 0 Å². The van der Waals surface area contributed by atoms with Crippen LogP contribution in [0.4, 0.5) is 0 Å². The van der Waals surface area contributed by atoms with Gasteiger partial charge in [0.25, 0.3) is 5.91 Å². The summed E-state index contributed by atoms with van der Waals surface area (Å²) in [6, 6.07) is 1.01. The van der Waals surface area contributed by atoms with Crippen molar-refractivity contribution in [3.63, 3.8) is 0 Å². The molecule has 2 rings (SSSR count). The molecule has 2 amide bonds. The van der Waals surface area contributed by atoms with Crippen LogP contribution in [0.1, 0.15) is 10.5 Å². The lowest BCUT2D eigenvalue weighted by molar-refractivity contribution is -0.134. The summed E-state index contributed by atoms with van der Waals surface area (Å²) in [6.07, 6.45) is 1.35. The van der Waals surface area contributed by atoms with E-state index >= 15 is 0 Å². The van der Waals surface area contributed by atoms with Crippen LogP contribution in [-0.2, 0) is 4.79 Å². The lowest BCUT2D eigenvalue weighted by Gasteiger charge is -2.35. The zero-order chi connectivity index (χ0) is 13.1. The number of amides is 2. The molecule has 1 aromatic heterocycles. The Balaban J connectivity index is 2.18. The third kappa shape index (κ3) is 2.35. The molecule has 98 valence electrons. The number of hydrogen-bond acceptors (Lipinski definition) is 5. The first-order chi connectivity index (χ1) is 8.61. The summed E-state index contributed by atoms with van der Waals surface area (Å²) in [5, 5.41) is 6.73. The molecular weight excluding hydrogens is 236 g/mol. The van der Waals surface area contributed by atoms with Crippen molar-refractivity contribution >= 4 is 11.8 Å². The maximum Gasteiger partial charge on any atom is 0.276 e. The molecule has 1 aliphatic heterocycles. The quantitative estimate of drug-likeness (QED) is 0.743. The van der Waals surface area contributed by atoms with Gasteiger partial charge in [0, 0.05) is 39.8 Å². The number of piperazine rings is 1. The van der Waals surface area contributed by atoms with Crippen LogP contribution < -0.4 is 5.32 Å². The molecule has 1 saturated heterocycles. The average molecular weight is 252 g/mol. The molecular formula is C11H16N4O3. The van der Waals surface area contributed by atoms with Crippen molar-refractivity contribution in [1.29, 1.82) is 0 Å². The highest BCUT2D eigenvalue weighted by Crippen LogP contribution is 2.10. The molecule has 0 spiro atoms. The molecule has 1 N–H and O–H groups in total. The van der Waals surface area contributed by atoms with Gasteiger partial charge in [-0.05, 0) is 0 Å². The molecule has 1 fully saturated rings. The monoisotopic (exact) mass is 252 g/mol. The van der Waals surface area contributed by atoms with Gasteiger partial charge in [0.1, 0.15) is 12.3 Å². The van der Waals surface area contributed by atoms with E-state index in [-0.39, 0.29) is 17.5 Å². The first-order valence-electron chi connectivity index (χ1n) is 5.74. The molecule has 0 aromatic carbocycles. The summed E-state index contributed by atoms with van der Waals surface area (Å²) in [5.74, 6) is -0.371. The van der Waals surface area contributed by atoms with Crippen molar-refractivity contribution < 1.29 is 14.1 Å². The number of aromatic nitrogens is 1. The average Bonchev–Trinajstić information content (AvgIpc) is 2.90. The van der Waals surface area contributed by atoms with Gasteiger partial charge in [-0.3, -0.25) is 9.59 Å². The second-order valence-corrected chi connectivity index (χ2v) is 4.34. The topological polar surface area (TPSA) is 78.7 Å². The largest absolute Gasteiger partial charge is 0.364 e. The summed E-state index contributed by atoms with van der Waals surface area (Å²) in [4.78, 5) is 27.3. The van der Waals surface area contributed by atoms with Crippen molar-refractivity contribution in [3.8, 4) is 0 Å². The SMILES string of the molecule is CN(C)C(=O)C1CNCCN1C(=O)c1ccon1. The Bertz CT molecular complexity index is 430. The summed E-state index contributed by atoms with van der Waals surface area (Å²) in [7, 11) is 3.35. The van der Waals surface area contributed by atoms with E-state index in [0.29, 0.717) is 19.6 Å². The Morgan fingerprint density at radius 2 is 2.33 bits per heavy atom. The molecule has 0 aliphatic carbocycles. The third-order valence-corrected chi connectivity index (χ3v) is 2.89. The summed E-state index contributed by atoms with van der Waals surface area (Å²) >= 11 is 0. The molecule has 0 radical (unpaired) electrons. The fourth-order valence-corrected chi connectivity index (χ4v) is 1.94. The lowest BCUT2D eigenvalue weighted by Crippen LogP contribution is -2.59. The highest BCUT2D eigenvalue weighted by atomic mass is 16.5. The van der Waals surface area contributed by atoms with Crippen LogP contribution in [0, 0.1) is 0 Å². The number of carbonyl (C=O) groups is 2. The minimum atomic E-state index is -0.488. The molecule has 2 heterocycles. The fraction of sp³-hybridized carbons (Fsp3) is 0.545. The number of likely N-dealkylation sites (N-methyl/N-ethyl adjacent to an activating group) is 1. The van der Waals surface area contributed by atoms with Crippen molar-refractivity contribution in [2.75, 3.05) is 33.7 Å². The van der Waals surface area contributed by atoms with Crippen LogP contribution in [0.2, 0.25) is 0 Å². The first-order valence-corrected chi connectivity index (χ1v) is 5.74. The zero-order valence-electron chi connectivity index (χ0n) is 10.4. The molecule has 0 bridgehead atoms. The maximum absolute atomic E-state index is 12.2. The normalized spacial score (nSPS) is 19.7. The molecule has 1 aliphatic rings. The Kier molecular flexibility index (Phi) is 3.61. The van der Waals surface area contributed by atoms with Gasteiger partial charge < -0.3 is 19.6 Å². The van der Waals surface area contributed by atoms with E-state index in [9.17, 15) is 9.59 Å². The summed E-state index contributed by atoms with van der Waals surface area (Å²) < 4.78 is 4.66. The minimum absolute atomic E-state index is 0.0981. The van der Waals surface area contributed by atoms with Gasteiger partial charge in [0.15, 0.2) is 5.69 Å². The second kappa shape index (κ2) is 5.18. The van der Waals surface area contributed by atoms with E-state index in [0.717, 1.165) is 0 Å². The number of rotatable bonds is 2. The third-order valence-electron chi connectivity index (χ3n) is 2.89. The number of hydrogen-bond donors (Lipinski definition) is 1. The molecule has 0 saturated carbocycles. The lowest BCUT2D eigenvalue weighted by atomic mass is 10.1. The van der Waals surface area contributed by atoms with Crippen molar-refractivity contribution in [3.05, 3.63) is 18.0 Å². The smallest absolute Gasteiger partial charge is 0.276 e. The second-order valence-electron chi connectivity index (χ2n) is 4.34. The standard InChI is InChI=1S/C11H16N4O3/c1-14(2)11(17)9-7-12-4-5-15(9)10(16)8-3-6-18-13-8/h3,6,9,12H,4-5,7H2,1-2H3. The van der Waals surface area contributed by atoms with Gasteiger partial charge in [-0.1, -0.05) is 5.16 Å². The number of nitrogens with one attached hydrogen (secondary N) is 1. The van der Waals surface area contributed by atoms with Gasteiger partial charge in [0.05, 0.1) is 0 Å². The maximum atomic E-state index is 12.2. The molecule has 7 nitrogen and oxygen atoms in total. The predicted octanol–water partition coefficient (Wildman–Crippen LogP) is -0.823. The Hall–Kier alpha value is -1.89. The van der Waals surface area contributed by atoms with Crippen LogP contribution in [-0.4, -0.2) is 66.5 Å². The minimum Gasteiger partial charge on any atom is -0.364 e. The van der Waals surface area contributed by atoms with Gasteiger partial charge in [0.2, 0.25) is 5.91 Å². The molecule has 1 aromatic rings. The Morgan fingerprint density at radius 3 is 2.94 bits per heavy atom. The van der Waals surface area contributed by atoms with Crippen LogP contribution in [0.3, 0.4) is 0 Å². The molecule has 7 heteroatoms. The highest BCUT2D eigenvalue weighted by Gasteiger charge is 2.34. The van der Waals surface area contributed by atoms with Crippen molar-refractivity contribution in [2.45, 2.75) is 6.04 Å². The zero-order valence-corrected chi connectivity index (χ0v) is 10.4. The van der Waals surface area contributed by atoms with E-state index in [4.69, 9.17) is 0 Å².